The molecule has 3 N–H and O–H groups in total. The van der Waals surface area contributed by atoms with Crippen molar-refractivity contribution >= 4 is 0 Å². The maximum atomic E-state index is 8.99. The van der Waals surface area contributed by atoms with Crippen LogP contribution in [0, 0.1) is 5.92 Å². The van der Waals surface area contributed by atoms with Gasteiger partial charge >= 0.3 is 0 Å². The third-order valence-corrected chi connectivity index (χ3v) is 2.91. The Morgan fingerprint density at radius 2 is 2.57 bits per heavy atom. The van der Waals surface area contributed by atoms with Crippen LogP contribution in [-0.2, 0) is 13.0 Å². The van der Waals surface area contributed by atoms with E-state index in [-0.39, 0.29) is 12.6 Å². The molecule has 2 rings (SSSR count). The van der Waals surface area contributed by atoms with Crippen LogP contribution in [0.25, 0.3) is 0 Å². The van der Waals surface area contributed by atoms with Crippen molar-refractivity contribution in [2.75, 3.05) is 6.61 Å². The van der Waals surface area contributed by atoms with Gasteiger partial charge in [0.1, 0.15) is 0 Å². The second kappa shape index (κ2) is 3.71. The van der Waals surface area contributed by atoms with Crippen LogP contribution < -0.4 is 5.73 Å². The first-order valence-electron chi connectivity index (χ1n) is 5.12. The summed E-state index contributed by atoms with van der Waals surface area (Å²) < 4.78 is 2.17. The summed E-state index contributed by atoms with van der Waals surface area (Å²) in [6.45, 7) is 3.24. The molecule has 14 heavy (non-hydrogen) atoms. The molecule has 1 aliphatic heterocycles. The number of hydrogen-bond donors (Lipinski definition) is 2. The van der Waals surface area contributed by atoms with Gasteiger partial charge in [0.2, 0.25) is 0 Å². The summed E-state index contributed by atoms with van der Waals surface area (Å²) in [6.07, 6.45) is 4.07. The lowest BCUT2D eigenvalue weighted by Crippen LogP contribution is -2.21. The van der Waals surface area contributed by atoms with Crippen LogP contribution in [0.3, 0.4) is 0 Å². The molecule has 0 bridgehead atoms. The molecule has 78 valence electrons. The Bertz CT molecular complexity index is 321. The maximum absolute atomic E-state index is 8.99. The van der Waals surface area contributed by atoms with Crippen molar-refractivity contribution in [2.45, 2.75) is 32.4 Å². The number of fused-ring (bicyclic) bond motifs is 1. The fourth-order valence-electron chi connectivity index (χ4n) is 2.06. The van der Waals surface area contributed by atoms with Gasteiger partial charge in [-0.1, -0.05) is 6.92 Å². The standard InChI is InChI=1S/C10H17N3O/c1-7-2-3-9-10(8(11)5-14)12-6-13(9)4-7/h6-8,14H,2-5,11H2,1H3. The number of aromatic nitrogens is 2. The molecule has 0 amide bonds. The summed E-state index contributed by atoms with van der Waals surface area (Å²) in [7, 11) is 0. The average molecular weight is 195 g/mol. The lowest BCUT2D eigenvalue weighted by atomic mass is 9.98. The van der Waals surface area contributed by atoms with Gasteiger partial charge in [-0.05, 0) is 18.8 Å². The van der Waals surface area contributed by atoms with Crippen LogP contribution in [0.1, 0.15) is 30.8 Å². The van der Waals surface area contributed by atoms with Crippen LogP contribution in [-0.4, -0.2) is 21.3 Å². The number of aliphatic hydroxyl groups excluding tert-OH is 1. The monoisotopic (exact) mass is 195 g/mol. The van der Waals surface area contributed by atoms with Crippen molar-refractivity contribution in [1.82, 2.24) is 9.55 Å². The van der Waals surface area contributed by atoms with Crippen molar-refractivity contribution in [2.24, 2.45) is 11.7 Å². The molecule has 4 nitrogen and oxygen atoms in total. The number of rotatable bonds is 2. The first kappa shape index (κ1) is 9.68. The summed E-state index contributed by atoms with van der Waals surface area (Å²) in [6, 6.07) is -0.320. The molecular weight excluding hydrogens is 178 g/mol. The van der Waals surface area contributed by atoms with E-state index in [0.717, 1.165) is 24.6 Å². The van der Waals surface area contributed by atoms with Gasteiger partial charge in [-0.3, -0.25) is 0 Å². The summed E-state index contributed by atoms with van der Waals surface area (Å²) in [5.41, 5.74) is 7.86. The fourth-order valence-corrected chi connectivity index (χ4v) is 2.06. The minimum absolute atomic E-state index is 0.0282. The van der Waals surface area contributed by atoms with Crippen molar-refractivity contribution in [3.63, 3.8) is 0 Å². The molecule has 2 heterocycles. The van der Waals surface area contributed by atoms with Gasteiger partial charge in [0.15, 0.2) is 0 Å². The number of hydrogen-bond acceptors (Lipinski definition) is 3. The largest absolute Gasteiger partial charge is 0.394 e. The highest BCUT2D eigenvalue weighted by Crippen LogP contribution is 2.24. The van der Waals surface area contributed by atoms with E-state index in [1.807, 2.05) is 6.33 Å². The third-order valence-electron chi connectivity index (χ3n) is 2.91. The molecule has 0 saturated heterocycles. The van der Waals surface area contributed by atoms with E-state index in [1.54, 1.807) is 0 Å². The van der Waals surface area contributed by atoms with Crippen LogP contribution in [0.5, 0.6) is 0 Å². The number of nitrogens with two attached hydrogens (primary N) is 1. The highest BCUT2D eigenvalue weighted by atomic mass is 16.3. The minimum atomic E-state index is -0.320. The zero-order chi connectivity index (χ0) is 10.1. The van der Waals surface area contributed by atoms with Gasteiger partial charge in [0.05, 0.1) is 24.7 Å². The summed E-state index contributed by atoms with van der Waals surface area (Å²) in [5, 5.41) is 8.99. The lowest BCUT2D eigenvalue weighted by molar-refractivity contribution is 0.264. The first-order chi connectivity index (χ1) is 6.72. The van der Waals surface area contributed by atoms with Gasteiger partial charge in [-0.25, -0.2) is 4.98 Å². The molecule has 0 radical (unpaired) electrons. The zero-order valence-electron chi connectivity index (χ0n) is 8.48. The Hall–Kier alpha value is -0.870. The highest BCUT2D eigenvalue weighted by molar-refractivity contribution is 5.18. The maximum Gasteiger partial charge on any atom is 0.0952 e. The van der Waals surface area contributed by atoms with E-state index < -0.39 is 0 Å². The van der Waals surface area contributed by atoms with Crippen LogP contribution >= 0.6 is 0 Å². The second-order valence-corrected chi connectivity index (χ2v) is 4.16. The van der Waals surface area contributed by atoms with E-state index in [9.17, 15) is 0 Å². The van der Waals surface area contributed by atoms with Gasteiger partial charge in [-0.2, -0.15) is 0 Å². The van der Waals surface area contributed by atoms with Crippen molar-refractivity contribution in [1.29, 1.82) is 0 Å². The van der Waals surface area contributed by atoms with E-state index in [0.29, 0.717) is 0 Å². The molecule has 1 aromatic rings. The smallest absolute Gasteiger partial charge is 0.0952 e. The lowest BCUT2D eigenvalue weighted by Gasteiger charge is -2.22. The van der Waals surface area contributed by atoms with E-state index >= 15 is 0 Å². The molecule has 0 spiro atoms. The molecule has 1 aliphatic rings. The fraction of sp³-hybridized carbons (Fsp3) is 0.700. The second-order valence-electron chi connectivity index (χ2n) is 4.16. The quantitative estimate of drug-likeness (QED) is 0.720. The first-order valence-corrected chi connectivity index (χ1v) is 5.12. The number of nitrogens with zero attached hydrogens (tertiary/aromatic N) is 2. The van der Waals surface area contributed by atoms with Crippen molar-refractivity contribution in [3.05, 3.63) is 17.7 Å². The van der Waals surface area contributed by atoms with Crippen molar-refractivity contribution < 1.29 is 5.11 Å². The summed E-state index contributed by atoms with van der Waals surface area (Å²) in [5.74, 6) is 0.718. The van der Waals surface area contributed by atoms with Gasteiger partial charge in [0.25, 0.3) is 0 Å². The van der Waals surface area contributed by atoms with Gasteiger partial charge in [-0.15, -0.1) is 0 Å². The molecule has 0 aliphatic carbocycles. The Morgan fingerprint density at radius 1 is 1.79 bits per heavy atom. The molecule has 4 heteroatoms. The number of imidazole rings is 1. The predicted molar refractivity (Wildman–Crippen MR) is 53.7 cm³/mol. The Balaban J connectivity index is 2.28. The van der Waals surface area contributed by atoms with Crippen LogP contribution in [0.15, 0.2) is 6.33 Å². The Morgan fingerprint density at radius 3 is 3.29 bits per heavy atom. The van der Waals surface area contributed by atoms with E-state index in [1.165, 1.54) is 12.1 Å². The highest BCUT2D eigenvalue weighted by Gasteiger charge is 2.21. The molecule has 0 aromatic carbocycles. The van der Waals surface area contributed by atoms with E-state index in [4.69, 9.17) is 10.8 Å². The zero-order valence-corrected chi connectivity index (χ0v) is 8.48. The third kappa shape index (κ3) is 1.55. The minimum Gasteiger partial charge on any atom is -0.394 e. The van der Waals surface area contributed by atoms with Gasteiger partial charge in [0, 0.05) is 12.2 Å². The molecular formula is C10H17N3O. The molecule has 1 aromatic heterocycles. The Kier molecular flexibility index (Phi) is 2.56. The van der Waals surface area contributed by atoms with Crippen molar-refractivity contribution in [3.8, 4) is 0 Å². The Labute approximate surface area is 83.8 Å². The molecule has 2 atom stereocenters. The number of aliphatic hydroxyl groups is 1. The van der Waals surface area contributed by atoms with E-state index in [2.05, 4.69) is 16.5 Å². The normalized spacial score (nSPS) is 23.2. The molecule has 0 fully saturated rings. The molecule has 0 saturated carbocycles. The average Bonchev–Trinajstić information content (AvgIpc) is 2.59. The summed E-state index contributed by atoms with van der Waals surface area (Å²) >= 11 is 0. The topological polar surface area (TPSA) is 64.1 Å². The predicted octanol–water partition coefficient (Wildman–Crippen LogP) is 0.457. The van der Waals surface area contributed by atoms with Crippen LogP contribution in [0.2, 0.25) is 0 Å². The SMILES string of the molecule is CC1CCc2c(C(N)CO)ncn2C1. The van der Waals surface area contributed by atoms with Crippen LogP contribution in [0.4, 0.5) is 0 Å². The molecule has 2 unspecified atom stereocenters. The van der Waals surface area contributed by atoms with Gasteiger partial charge < -0.3 is 15.4 Å². The summed E-state index contributed by atoms with van der Waals surface area (Å²) in [4.78, 5) is 4.28.